The van der Waals surface area contributed by atoms with Gasteiger partial charge in [0.05, 0.1) is 6.61 Å². The number of fused-ring (bicyclic) bond motifs is 1. The van der Waals surface area contributed by atoms with Gasteiger partial charge in [-0.25, -0.2) is 0 Å². The van der Waals surface area contributed by atoms with Gasteiger partial charge in [-0.1, -0.05) is 6.08 Å². The number of Topliss-reactive ketones (excluding diaryl/α,β-unsaturated/α-hetero) is 1. The van der Waals surface area contributed by atoms with Crippen molar-refractivity contribution in [2.45, 2.75) is 44.9 Å². The average molecular weight is 301 g/mol. The number of nitrogens with one attached hydrogen (secondary N) is 1. The number of ether oxygens (including phenoxy) is 1. The zero-order valence-corrected chi connectivity index (χ0v) is 13.6. The number of carbonyl (C=O) groups is 1. The van der Waals surface area contributed by atoms with Crippen molar-refractivity contribution < 1.29 is 9.53 Å². The zero-order chi connectivity index (χ0) is 15.8. The minimum atomic E-state index is 0.269. The molecule has 22 heavy (non-hydrogen) atoms. The molecule has 0 atom stereocenters. The van der Waals surface area contributed by atoms with Crippen LogP contribution in [0.15, 0.2) is 24.8 Å². The van der Waals surface area contributed by atoms with Crippen molar-refractivity contribution in [1.82, 2.24) is 5.32 Å². The highest BCUT2D eigenvalue weighted by molar-refractivity contribution is 5.99. The summed E-state index contributed by atoms with van der Waals surface area (Å²) < 4.78 is 5.99. The van der Waals surface area contributed by atoms with E-state index in [9.17, 15) is 4.79 Å². The predicted molar refractivity (Wildman–Crippen MR) is 90.9 cm³/mol. The number of benzene rings is 1. The number of allylic oxidation sites excluding steroid dienone is 1. The van der Waals surface area contributed by atoms with E-state index in [0.29, 0.717) is 6.42 Å². The minimum Gasteiger partial charge on any atom is -0.493 e. The molecule has 1 N–H and O–H groups in total. The van der Waals surface area contributed by atoms with E-state index in [4.69, 9.17) is 4.74 Å². The molecule has 0 fully saturated rings. The third-order valence-corrected chi connectivity index (χ3v) is 4.20. The van der Waals surface area contributed by atoms with Crippen LogP contribution in [0.5, 0.6) is 5.75 Å². The van der Waals surface area contributed by atoms with Crippen molar-refractivity contribution in [3.63, 3.8) is 0 Å². The van der Waals surface area contributed by atoms with E-state index in [1.807, 2.05) is 25.3 Å². The summed E-state index contributed by atoms with van der Waals surface area (Å²) in [5.74, 6) is 1.20. The van der Waals surface area contributed by atoms with Crippen LogP contribution in [-0.4, -0.2) is 26.0 Å². The van der Waals surface area contributed by atoms with Crippen LogP contribution in [0.4, 0.5) is 0 Å². The second-order valence-corrected chi connectivity index (χ2v) is 5.85. The summed E-state index contributed by atoms with van der Waals surface area (Å²) in [5, 5.41) is 3.16. The molecule has 3 nitrogen and oxygen atoms in total. The largest absolute Gasteiger partial charge is 0.493 e. The quantitative estimate of drug-likeness (QED) is 0.558. The molecule has 0 radical (unpaired) electrons. The van der Waals surface area contributed by atoms with Crippen LogP contribution >= 0.6 is 0 Å². The Kier molecular flexibility index (Phi) is 6.66. The highest BCUT2D eigenvalue weighted by atomic mass is 16.5. The number of carbonyl (C=O) groups excluding carboxylic acids is 1. The first-order valence-electron chi connectivity index (χ1n) is 8.34. The molecule has 0 amide bonds. The van der Waals surface area contributed by atoms with Gasteiger partial charge in [-0.15, -0.1) is 6.58 Å². The normalized spacial score (nSPS) is 13.8. The maximum Gasteiger partial charge on any atom is 0.163 e. The Morgan fingerprint density at radius 2 is 2.14 bits per heavy atom. The van der Waals surface area contributed by atoms with Crippen LogP contribution in [0.1, 0.15) is 53.6 Å². The molecule has 0 saturated heterocycles. The van der Waals surface area contributed by atoms with Gasteiger partial charge in [0.1, 0.15) is 5.75 Å². The van der Waals surface area contributed by atoms with E-state index in [-0.39, 0.29) is 5.78 Å². The highest BCUT2D eigenvalue weighted by Crippen LogP contribution is 2.32. The fraction of sp³-hybridized carbons (Fsp3) is 0.526. The predicted octanol–water partition coefficient (Wildman–Crippen LogP) is 3.70. The van der Waals surface area contributed by atoms with Gasteiger partial charge in [-0.2, -0.15) is 0 Å². The van der Waals surface area contributed by atoms with Crippen molar-refractivity contribution in [1.29, 1.82) is 0 Å². The Balaban J connectivity index is 2.04. The number of hydrogen-bond acceptors (Lipinski definition) is 3. The van der Waals surface area contributed by atoms with E-state index < -0.39 is 0 Å². The first-order valence-corrected chi connectivity index (χ1v) is 8.34. The van der Waals surface area contributed by atoms with Crippen molar-refractivity contribution in [2.24, 2.45) is 0 Å². The highest BCUT2D eigenvalue weighted by Gasteiger charge is 2.21. The van der Waals surface area contributed by atoms with Crippen molar-refractivity contribution >= 4 is 5.78 Å². The van der Waals surface area contributed by atoms with E-state index in [0.717, 1.165) is 55.7 Å². The fourth-order valence-electron chi connectivity index (χ4n) is 3.04. The monoisotopic (exact) mass is 301 g/mol. The molecule has 0 spiro atoms. The molecule has 1 aliphatic carbocycles. The topological polar surface area (TPSA) is 38.3 Å². The van der Waals surface area contributed by atoms with Gasteiger partial charge in [0.2, 0.25) is 0 Å². The summed E-state index contributed by atoms with van der Waals surface area (Å²) in [6.07, 6.45) is 8.67. The van der Waals surface area contributed by atoms with Crippen LogP contribution in [0.3, 0.4) is 0 Å². The number of rotatable bonds is 9. The third kappa shape index (κ3) is 4.20. The Bertz CT molecular complexity index is 522. The van der Waals surface area contributed by atoms with E-state index in [2.05, 4.69) is 11.9 Å². The maximum absolute atomic E-state index is 12.0. The van der Waals surface area contributed by atoms with Crippen LogP contribution in [-0.2, 0) is 12.8 Å². The number of unbranched alkanes of at least 4 members (excludes halogenated alkanes) is 2. The van der Waals surface area contributed by atoms with E-state index >= 15 is 0 Å². The van der Waals surface area contributed by atoms with Gasteiger partial charge in [0.15, 0.2) is 5.78 Å². The molecule has 0 aromatic heterocycles. The van der Waals surface area contributed by atoms with Crippen molar-refractivity contribution in [2.75, 3.05) is 20.2 Å². The van der Waals surface area contributed by atoms with Crippen molar-refractivity contribution in [3.8, 4) is 5.75 Å². The Morgan fingerprint density at radius 1 is 1.27 bits per heavy atom. The third-order valence-electron chi connectivity index (χ3n) is 4.20. The molecule has 0 saturated carbocycles. The Hall–Kier alpha value is -1.61. The zero-order valence-electron chi connectivity index (χ0n) is 13.6. The van der Waals surface area contributed by atoms with Gasteiger partial charge < -0.3 is 10.1 Å². The molecular weight excluding hydrogens is 274 g/mol. The standard InChI is InChI=1S/C19H27NO2/c1-3-8-17-15-9-7-10-18(21)16(15)11-12-19(17)22-14-6-4-5-13-20-2/h3,11-12,20H,1,4-10,13-14H2,2H3. The molecule has 1 aromatic carbocycles. The van der Waals surface area contributed by atoms with Crippen LogP contribution in [0.25, 0.3) is 0 Å². The summed E-state index contributed by atoms with van der Waals surface area (Å²) >= 11 is 0. The van der Waals surface area contributed by atoms with Gasteiger partial charge in [-0.3, -0.25) is 4.79 Å². The summed E-state index contributed by atoms with van der Waals surface area (Å²) in [6.45, 7) is 5.64. The second kappa shape index (κ2) is 8.74. The first-order chi connectivity index (χ1) is 10.8. The summed E-state index contributed by atoms with van der Waals surface area (Å²) in [6, 6.07) is 3.91. The molecule has 0 heterocycles. The number of hydrogen-bond donors (Lipinski definition) is 1. The lowest BCUT2D eigenvalue weighted by atomic mass is 9.86. The molecule has 3 heteroatoms. The molecule has 120 valence electrons. The summed E-state index contributed by atoms with van der Waals surface area (Å²) in [4.78, 5) is 12.0. The lowest BCUT2D eigenvalue weighted by Crippen LogP contribution is -2.14. The molecule has 0 bridgehead atoms. The van der Waals surface area contributed by atoms with Gasteiger partial charge >= 0.3 is 0 Å². The summed E-state index contributed by atoms with van der Waals surface area (Å²) in [5.41, 5.74) is 3.24. The fourth-order valence-corrected chi connectivity index (χ4v) is 3.04. The van der Waals surface area contributed by atoms with E-state index in [1.54, 1.807) is 0 Å². The summed E-state index contributed by atoms with van der Waals surface area (Å²) in [7, 11) is 1.98. The smallest absolute Gasteiger partial charge is 0.163 e. The number of ketones is 1. The maximum atomic E-state index is 12.0. The van der Waals surface area contributed by atoms with Crippen molar-refractivity contribution in [3.05, 3.63) is 41.5 Å². The van der Waals surface area contributed by atoms with Gasteiger partial charge in [0.25, 0.3) is 0 Å². The van der Waals surface area contributed by atoms with Gasteiger partial charge in [0, 0.05) is 17.5 Å². The lowest BCUT2D eigenvalue weighted by Gasteiger charge is -2.21. The molecule has 2 rings (SSSR count). The SMILES string of the molecule is C=CCc1c(OCCCCCNC)ccc2c1CCCC2=O. The van der Waals surface area contributed by atoms with Gasteiger partial charge in [-0.05, 0) is 69.8 Å². The second-order valence-electron chi connectivity index (χ2n) is 5.85. The molecular formula is C19H27NO2. The van der Waals surface area contributed by atoms with Crippen LogP contribution < -0.4 is 10.1 Å². The minimum absolute atomic E-state index is 0.269. The first kappa shape index (κ1) is 16.8. The lowest BCUT2D eigenvalue weighted by molar-refractivity contribution is 0.0972. The molecule has 1 aliphatic rings. The molecule has 1 aromatic rings. The Morgan fingerprint density at radius 3 is 2.91 bits per heavy atom. The molecule has 0 aliphatic heterocycles. The van der Waals surface area contributed by atoms with E-state index in [1.165, 1.54) is 18.4 Å². The van der Waals surface area contributed by atoms with Crippen LogP contribution in [0, 0.1) is 0 Å². The average Bonchev–Trinajstić information content (AvgIpc) is 2.53. The molecule has 0 unspecified atom stereocenters. The Labute approximate surface area is 133 Å². The van der Waals surface area contributed by atoms with Crippen LogP contribution in [0.2, 0.25) is 0 Å².